The Labute approximate surface area is 123 Å². The van der Waals surface area contributed by atoms with Crippen LogP contribution in [0.4, 0.5) is 5.69 Å². The molecule has 0 aliphatic heterocycles. The van der Waals surface area contributed by atoms with Gasteiger partial charge in [-0.3, -0.25) is 14.8 Å². The van der Waals surface area contributed by atoms with Crippen LogP contribution in [0.15, 0.2) is 42.7 Å². The molecule has 0 saturated carbocycles. The molecule has 2 aromatic rings. The number of hydrogen-bond acceptors (Lipinski definition) is 4. The highest BCUT2D eigenvalue weighted by Gasteiger charge is 2.13. The van der Waals surface area contributed by atoms with E-state index in [9.17, 15) is 10.1 Å². The molecule has 1 N–H and O–H groups in total. The Balaban J connectivity index is 2.00. The highest BCUT2D eigenvalue weighted by molar-refractivity contribution is 5.35. The van der Waals surface area contributed by atoms with Gasteiger partial charge in [0.05, 0.1) is 11.5 Å². The first-order valence-corrected chi connectivity index (χ1v) is 7.16. The second-order valence-electron chi connectivity index (χ2n) is 4.92. The number of rotatable bonds is 8. The van der Waals surface area contributed by atoms with Gasteiger partial charge in [-0.05, 0) is 18.1 Å². The number of non-ortho nitro benzene ring substituents is 1. The van der Waals surface area contributed by atoms with Crippen LogP contribution < -0.4 is 5.32 Å². The van der Waals surface area contributed by atoms with E-state index in [0.717, 1.165) is 31.5 Å². The molecule has 0 aliphatic carbocycles. The van der Waals surface area contributed by atoms with Crippen molar-refractivity contribution in [2.24, 2.45) is 0 Å². The molecule has 0 saturated heterocycles. The van der Waals surface area contributed by atoms with Gasteiger partial charge in [-0.1, -0.05) is 25.5 Å². The first kappa shape index (κ1) is 15.2. The summed E-state index contributed by atoms with van der Waals surface area (Å²) in [5.41, 5.74) is 1.11. The number of aromatic nitrogens is 2. The van der Waals surface area contributed by atoms with Crippen LogP contribution in [-0.2, 0) is 6.54 Å². The van der Waals surface area contributed by atoms with Crippen LogP contribution in [0.3, 0.4) is 0 Å². The van der Waals surface area contributed by atoms with E-state index in [0.29, 0.717) is 0 Å². The first-order valence-electron chi connectivity index (χ1n) is 7.16. The van der Waals surface area contributed by atoms with Crippen LogP contribution in [0.2, 0.25) is 0 Å². The molecule has 2 rings (SSSR count). The largest absolute Gasteiger partial charge is 0.308 e. The predicted octanol–water partition coefficient (Wildman–Crippen LogP) is 2.92. The number of benzene rings is 1. The SMILES string of the molecule is CCCC(NCCn1cccn1)c1cccc([N+](=O)[O-])c1. The van der Waals surface area contributed by atoms with E-state index in [1.165, 1.54) is 6.07 Å². The summed E-state index contributed by atoms with van der Waals surface area (Å²) < 4.78 is 1.86. The van der Waals surface area contributed by atoms with Crippen molar-refractivity contribution in [2.75, 3.05) is 6.54 Å². The lowest BCUT2D eigenvalue weighted by atomic mass is 10.0. The normalized spacial score (nSPS) is 12.2. The Kier molecular flexibility index (Phi) is 5.45. The number of nitrogens with one attached hydrogen (secondary N) is 1. The molecule has 0 aliphatic rings. The van der Waals surface area contributed by atoms with Crippen molar-refractivity contribution in [3.63, 3.8) is 0 Å². The minimum absolute atomic E-state index is 0.130. The molecule has 112 valence electrons. The van der Waals surface area contributed by atoms with E-state index in [1.54, 1.807) is 18.3 Å². The molecule has 21 heavy (non-hydrogen) atoms. The molecule has 1 atom stereocenters. The smallest absolute Gasteiger partial charge is 0.269 e. The summed E-state index contributed by atoms with van der Waals surface area (Å²) in [6, 6.07) is 8.88. The van der Waals surface area contributed by atoms with Gasteiger partial charge in [-0.25, -0.2) is 0 Å². The Morgan fingerprint density at radius 1 is 1.43 bits per heavy atom. The van der Waals surface area contributed by atoms with E-state index in [4.69, 9.17) is 0 Å². The average molecular weight is 288 g/mol. The van der Waals surface area contributed by atoms with Crippen molar-refractivity contribution in [1.29, 1.82) is 0 Å². The van der Waals surface area contributed by atoms with Crippen molar-refractivity contribution in [1.82, 2.24) is 15.1 Å². The van der Waals surface area contributed by atoms with Crippen LogP contribution in [0.1, 0.15) is 31.4 Å². The molecule has 1 aromatic heterocycles. The van der Waals surface area contributed by atoms with E-state index in [2.05, 4.69) is 17.3 Å². The number of nitrogens with zero attached hydrogens (tertiary/aromatic N) is 3. The topological polar surface area (TPSA) is 73.0 Å². The molecule has 0 radical (unpaired) electrons. The maximum absolute atomic E-state index is 10.9. The standard InChI is InChI=1S/C15H20N4O2/c1-2-5-15(16-9-11-18-10-4-8-17-18)13-6-3-7-14(12-13)19(20)21/h3-4,6-8,10,12,15-16H,2,5,9,11H2,1H3. The van der Waals surface area contributed by atoms with Gasteiger partial charge < -0.3 is 5.32 Å². The van der Waals surface area contributed by atoms with Gasteiger partial charge in [-0.2, -0.15) is 5.10 Å². The minimum Gasteiger partial charge on any atom is -0.308 e. The molecule has 1 unspecified atom stereocenters. The summed E-state index contributed by atoms with van der Waals surface area (Å²) in [5.74, 6) is 0. The molecule has 0 fully saturated rings. The number of hydrogen-bond donors (Lipinski definition) is 1. The van der Waals surface area contributed by atoms with Gasteiger partial charge in [0.1, 0.15) is 0 Å². The zero-order chi connectivity index (χ0) is 15.1. The highest BCUT2D eigenvalue weighted by atomic mass is 16.6. The summed E-state index contributed by atoms with van der Waals surface area (Å²) >= 11 is 0. The van der Waals surface area contributed by atoms with Gasteiger partial charge in [0.25, 0.3) is 5.69 Å². The minimum atomic E-state index is -0.351. The monoisotopic (exact) mass is 288 g/mol. The molecule has 1 heterocycles. The zero-order valence-corrected chi connectivity index (χ0v) is 12.1. The Bertz CT molecular complexity index is 569. The Morgan fingerprint density at radius 2 is 2.29 bits per heavy atom. The van der Waals surface area contributed by atoms with Gasteiger partial charge in [0.15, 0.2) is 0 Å². The number of nitro groups is 1. The van der Waals surface area contributed by atoms with Gasteiger partial charge in [0.2, 0.25) is 0 Å². The molecule has 0 bridgehead atoms. The molecular weight excluding hydrogens is 268 g/mol. The average Bonchev–Trinajstić information content (AvgIpc) is 3.00. The van der Waals surface area contributed by atoms with Gasteiger partial charge >= 0.3 is 0 Å². The molecule has 0 spiro atoms. The third-order valence-corrected chi connectivity index (χ3v) is 3.35. The summed E-state index contributed by atoms with van der Waals surface area (Å²) in [7, 11) is 0. The quantitative estimate of drug-likeness (QED) is 0.598. The van der Waals surface area contributed by atoms with Crippen molar-refractivity contribution in [2.45, 2.75) is 32.4 Å². The summed E-state index contributed by atoms with van der Waals surface area (Å²) in [5, 5.41) is 18.5. The lowest BCUT2D eigenvalue weighted by Gasteiger charge is -2.18. The van der Waals surface area contributed by atoms with E-state index < -0.39 is 0 Å². The fraction of sp³-hybridized carbons (Fsp3) is 0.400. The molecule has 6 heteroatoms. The second kappa shape index (κ2) is 7.54. The second-order valence-corrected chi connectivity index (χ2v) is 4.92. The van der Waals surface area contributed by atoms with Gasteiger partial charge in [-0.15, -0.1) is 0 Å². The Morgan fingerprint density at radius 3 is 2.95 bits per heavy atom. The van der Waals surface area contributed by atoms with Crippen molar-refractivity contribution < 1.29 is 4.92 Å². The van der Waals surface area contributed by atoms with Crippen LogP contribution in [0.5, 0.6) is 0 Å². The lowest BCUT2D eigenvalue weighted by Crippen LogP contribution is -2.25. The maximum Gasteiger partial charge on any atom is 0.269 e. The fourth-order valence-electron chi connectivity index (χ4n) is 2.32. The maximum atomic E-state index is 10.9. The lowest BCUT2D eigenvalue weighted by molar-refractivity contribution is -0.384. The van der Waals surface area contributed by atoms with Crippen LogP contribution in [-0.4, -0.2) is 21.2 Å². The van der Waals surface area contributed by atoms with Crippen LogP contribution >= 0.6 is 0 Å². The van der Waals surface area contributed by atoms with E-state index >= 15 is 0 Å². The fourth-order valence-corrected chi connectivity index (χ4v) is 2.32. The Hall–Kier alpha value is -2.21. The van der Waals surface area contributed by atoms with E-state index in [1.807, 2.05) is 23.0 Å². The highest BCUT2D eigenvalue weighted by Crippen LogP contribution is 2.22. The first-order chi connectivity index (χ1) is 10.2. The molecule has 6 nitrogen and oxygen atoms in total. The third-order valence-electron chi connectivity index (χ3n) is 3.35. The molecular formula is C15H20N4O2. The van der Waals surface area contributed by atoms with Crippen molar-refractivity contribution in [3.05, 3.63) is 58.4 Å². The zero-order valence-electron chi connectivity index (χ0n) is 12.1. The summed E-state index contributed by atoms with van der Waals surface area (Å²) in [6.45, 7) is 3.66. The van der Waals surface area contributed by atoms with Crippen molar-refractivity contribution >= 4 is 5.69 Å². The van der Waals surface area contributed by atoms with Gasteiger partial charge in [0, 0.05) is 37.1 Å². The summed E-state index contributed by atoms with van der Waals surface area (Å²) in [4.78, 5) is 10.5. The van der Waals surface area contributed by atoms with Crippen LogP contribution in [0.25, 0.3) is 0 Å². The molecule has 1 aromatic carbocycles. The summed E-state index contributed by atoms with van der Waals surface area (Å²) in [6.07, 6.45) is 5.64. The van der Waals surface area contributed by atoms with Crippen LogP contribution in [0, 0.1) is 10.1 Å². The van der Waals surface area contributed by atoms with Crippen molar-refractivity contribution in [3.8, 4) is 0 Å². The van der Waals surface area contributed by atoms with E-state index in [-0.39, 0.29) is 16.7 Å². The predicted molar refractivity (Wildman–Crippen MR) is 81.0 cm³/mol. The number of nitro benzene ring substituents is 1. The molecule has 0 amide bonds. The third kappa shape index (κ3) is 4.39.